The van der Waals surface area contributed by atoms with E-state index in [-0.39, 0.29) is 12.5 Å². The third-order valence-corrected chi connectivity index (χ3v) is 4.27. The van der Waals surface area contributed by atoms with Gasteiger partial charge in [0, 0.05) is 19.2 Å². The minimum atomic E-state index is -0.570. The third kappa shape index (κ3) is 5.36. The van der Waals surface area contributed by atoms with Crippen molar-refractivity contribution >= 4 is 18.0 Å². The highest BCUT2D eigenvalue weighted by Crippen LogP contribution is 2.31. The number of esters is 1. The number of fused-ring (bicyclic) bond motifs is 1. The Labute approximate surface area is 164 Å². The molecule has 0 aromatic heterocycles. The van der Waals surface area contributed by atoms with E-state index in [0.29, 0.717) is 37.8 Å². The summed E-state index contributed by atoms with van der Waals surface area (Å²) in [5.74, 6) is 0.539. The van der Waals surface area contributed by atoms with Crippen molar-refractivity contribution < 1.29 is 23.8 Å². The van der Waals surface area contributed by atoms with Crippen molar-refractivity contribution in [2.45, 2.75) is 13.5 Å². The second-order valence-electron chi connectivity index (χ2n) is 6.24. The van der Waals surface area contributed by atoms with Crippen LogP contribution in [0, 0.1) is 0 Å². The summed E-state index contributed by atoms with van der Waals surface area (Å²) in [5.41, 5.74) is 1.81. The largest absolute Gasteiger partial charge is 0.486 e. The molecule has 6 heteroatoms. The van der Waals surface area contributed by atoms with Gasteiger partial charge >= 0.3 is 5.97 Å². The van der Waals surface area contributed by atoms with Crippen molar-refractivity contribution in [3.63, 3.8) is 0 Å². The maximum atomic E-state index is 12.3. The SMILES string of the molecule is CCN(Cc1ccccc1)C(=O)COC(=O)/C=C/c1ccc2c(c1)OCCO2. The van der Waals surface area contributed by atoms with Crippen LogP contribution in [0.5, 0.6) is 11.5 Å². The number of benzene rings is 2. The Bertz CT molecular complexity index is 847. The van der Waals surface area contributed by atoms with Gasteiger partial charge in [0.05, 0.1) is 0 Å². The van der Waals surface area contributed by atoms with Crippen LogP contribution in [-0.4, -0.2) is 43.1 Å². The molecule has 1 heterocycles. The molecule has 1 amide bonds. The summed E-state index contributed by atoms with van der Waals surface area (Å²) in [6, 6.07) is 15.1. The summed E-state index contributed by atoms with van der Waals surface area (Å²) in [6.45, 7) is 3.66. The van der Waals surface area contributed by atoms with E-state index < -0.39 is 5.97 Å². The molecular weight excluding hydrogens is 358 g/mol. The van der Waals surface area contributed by atoms with Crippen LogP contribution in [0.3, 0.4) is 0 Å². The lowest BCUT2D eigenvalue weighted by molar-refractivity contribution is -0.148. The van der Waals surface area contributed by atoms with Crippen molar-refractivity contribution in [2.75, 3.05) is 26.4 Å². The van der Waals surface area contributed by atoms with Crippen LogP contribution in [-0.2, 0) is 20.9 Å². The zero-order valence-corrected chi connectivity index (χ0v) is 15.8. The Morgan fingerprint density at radius 3 is 2.57 bits per heavy atom. The molecule has 0 spiro atoms. The first-order chi connectivity index (χ1) is 13.7. The van der Waals surface area contributed by atoms with Gasteiger partial charge in [-0.1, -0.05) is 36.4 Å². The first-order valence-corrected chi connectivity index (χ1v) is 9.22. The quantitative estimate of drug-likeness (QED) is 0.545. The van der Waals surface area contributed by atoms with Gasteiger partial charge in [0.1, 0.15) is 13.2 Å². The molecule has 0 saturated heterocycles. The highest BCUT2D eigenvalue weighted by molar-refractivity contribution is 5.89. The van der Waals surface area contributed by atoms with Gasteiger partial charge in [-0.3, -0.25) is 4.79 Å². The fourth-order valence-corrected chi connectivity index (χ4v) is 2.78. The highest BCUT2D eigenvalue weighted by Gasteiger charge is 2.14. The summed E-state index contributed by atoms with van der Waals surface area (Å²) in [4.78, 5) is 25.9. The molecule has 6 nitrogen and oxygen atoms in total. The molecule has 0 radical (unpaired) electrons. The molecule has 0 atom stereocenters. The summed E-state index contributed by atoms with van der Waals surface area (Å²) in [5, 5.41) is 0. The van der Waals surface area contributed by atoms with Gasteiger partial charge in [-0.25, -0.2) is 4.79 Å². The number of carbonyl (C=O) groups excluding carboxylic acids is 2. The molecule has 0 saturated carbocycles. The Morgan fingerprint density at radius 2 is 1.82 bits per heavy atom. The third-order valence-electron chi connectivity index (χ3n) is 4.27. The van der Waals surface area contributed by atoms with Crippen molar-refractivity contribution in [2.24, 2.45) is 0 Å². The predicted molar refractivity (Wildman–Crippen MR) is 105 cm³/mol. The number of carbonyl (C=O) groups is 2. The van der Waals surface area contributed by atoms with E-state index >= 15 is 0 Å². The second-order valence-corrected chi connectivity index (χ2v) is 6.24. The molecule has 28 heavy (non-hydrogen) atoms. The van der Waals surface area contributed by atoms with Gasteiger partial charge in [-0.05, 0) is 36.3 Å². The van der Waals surface area contributed by atoms with Crippen LogP contribution < -0.4 is 9.47 Å². The van der Waals surface area contributed by atoms with Crippen LogP contribution in [0.15, 0.2) is 54.6 Å². The van der Waals surface area contributed by atoms with Crippen LogP contribution in [0.4, 0.5) is 0 Å². The van der Waals surface area contributed by atoms with Crippen LogP contribution in [0.1, 0.15) is 18.1 Å². The second kappa shape index (κ2) is 9.60. The summed E-state index contributed by atoms with van der Waals surface area (Å²) in [7, 11) is 0. The summed E-state index contributed by atoms with van der Waals surface area (Å²) in [6.07, 6.45) is 2.92. The Kier molecular flexibility index (Phi) is 6.68. The standard InChI is InChI=1S/C22H23NO5/c1-2-23(15-18-6-4-3-5-7-18)21(24)16-28-22(25)11-9-17-8-10-19-20(14-17)27-13-12-26-19/h3-11,14H,2,12-13,15-16H2,1H3/b11-9+. The van der Waals surface area contributed by atoms with E-state index in [9.17, 15) is 9.59 Å². The monoisotopic (exact) mass is 381 g/mol. The molecular formula is C22H23NO5. The minimum Gasteiger partial charge on any atom is -0.486 e. The van der Waals surface area contributed by atoms with Crippen molar-refractivity contribution in [3.8, 4) is 11.5 Å². The van der Waals surface area contributed by atoms with E-state index in [1.165, 1.54) is 6.08 Å². The Hall–Kier alpha value is -3.28. The van der Waals surface area contributed by atoms with Crippen LogP contribution >= 0.6 is 0 Å². The maximum absolute atomic E-state index is 12.3. The zero-order chi connectivity index (χ0) is 19.8. The van der Waals surface area contributed by atoms with E-state index in [4.69, 9.17) is 14.2 Å². The number of nitrogens with zero attached hydrogens (tertiary/aromatic N) is 1. The molecule has 0 bridgehead atoms. The normalized spacial score (nSPS) is 12.6. The van der Waals surface area contributed by atoms with Gasteiger partial charge in [-0.15, -0.1) is 0 Å². The van der Waals surface area contributed by atoms with Crippen molar-refractivity contribution in [3.05, 3.63) is 65.7 Å². The van der Waals surface area contributed by atoms with Gasteiger partial charge < -0.3 is 19.1 Å². The molecule has 146 valence electrons. The van der Waals surface area contributed by atoms with Crippen LogP contribution in [0.2, 0.25) is 0 Å². The Morgan fingerprint density at radius 1 is 1.07 bits per heavy atom. The van der Waals surface area contributed by atoms with Crippen molar-refractivity contribution in [1.29, 1.82) is 0 Å². The molecule has 0 unspecified atom stereocenters. The molecule has 1 aliphatic heterocycles. The molecule has 0 N–H and O–H groups in total. The molecule has 3 rings (SSSR count). The summed E-state index contributed by atoms with van der Waals surface area (Å²) >= 11 is 0. The Balaban J connectivity index is 1.50. The van der Waals surface area contributed by atoms with Gasteiger partial charge in [0.2, 0.25) is 0 Å². The van der Waals surface area contributed by atoms with E-state index in [0.717, 1.165) is 11.1 Å². The fourth-order valence-electron chi connectivity index (χ4n) is 2.78. The lowest BCUT2D eigenvalue weighted by Gasteiger charge is -2.20. The zero-order valence-electron chi connectivity index (χ0n) is 15.8. The topological polar surface area (TPSA) is 65.1 Å². The van der Waals surface area contributed by atoms with Gasteiger partial charge in [0.25, 0.3) is 5.91 Å². The number of hydrogen-bond donors (Lipinski definition) is 0. The number of rotatable bonds is 7. The fraction of sp³-hybridized carbons (Fsp3) is 0.273. The van der Waals surface area contributed by atoms with Gasteiger partial charge in [0.15, 0.2) is 18.1 Å². The molecule has 1 aliphatic rings. The number of amides is 1. The number of hydrogen-bond acceptors (Lipinski definition) is 5. The molecule has 2 aromatic rings. The average Bonchev–Trinajstić information content (AvgIpc) is 2.75. The first-order valence-electron chi connectivity index (χ1n) is 9.22. The molecule has 0 aliphatic carbocycles. The lowest BCUT2D eigenvalue weighted by atomic mass is 10.2. The highest BCUT2D eigenvalue weighted by atomic mass is 16.6. The first kappa shape index (κ1) is 19.5. The number of likely N-dealkylation sites (N-methyl/N-ethyl adjacent to an activating group) is 1. The molecule has 0 fully saturated rings. The van der Waals surface area contributed by atoms with E-state index in [1.54, 1.807) is 23.1 Å². The van der Waals surface area contributed by atoms with Crippen LogP contribution in [0.25, 0.3) is 6.08 Å². The lowest BCUT2D eigenvalue weighted by Crippen LogP contribution is -2.33. The van der Waals surface area contributed by atoms with Gasteiger partial charge in [-0.2, -0.15) is 0 Å². The van der Waals surface area contributed by atoms with E-state index in [1.807, 2.05) is 43.3 Å². The number of ether oxygens (including phenoxy) is 3. The minimum absolute atomic E-state index is 0.229. The average molecular weight is 381 g/mol. The smallest absolute Gasteiger partial charge is 0.331 e. The van der Waals surface area contributed by atoms with Crippen molar-refractivity contribution in [1.82, 2.24) is 4.90 Å². The predicted octanol–water partition coefficient (Wildman–Crippen LogP) is 3.06. The molecule has 2 aromatic carbocycles. The van der Waals surface area contributed by atoms with E-state index in [2.05, 4.69) is 0 Å². The maximum Gasteiger partial charge on any atom is 0.331 e. The summed E-state index contributed by atoms with van der Waals surface area (Å²) < 4.78 is 16.1.